The van der Waals surface area contributed by atoms with Gasteiger partial charge in [0.1, 0.15) is 11.6 Å². The van der Waals surface area contributed by atoms with Crippen molar-refractivity contribution in [3.05, 3.63) is 47.5 Å². The zero-order chi connectivity index (χ0) is 31.3. The number of halogens is 6. The Hall–Kier alpha value is -3.78. The minimum atomic E-state index is -4.66. The van der Waals surface area contributed by atoms with Crippen molar-refractivity contribution in [2.24, 2.45) is 0 Å². The molecular formula is C28H31ClF5N7O2. The summed E-state index contributed by atoms with van der Waals surface area (Å²) in [6.07, 6.45) is -3.37. The second-order valence-electron chi connectivity index (χ2n) is 9.93. The van der Waals surface area contributed by atoms with Gasteiger partial charge in [-0.3, -0.25) is 9.69 Å². The molecule has 0 aliphatic carbocycles. The van der Waals surface area contributed by atoms with E-state index in [-0.39, 0.29) is 34.9 Å². The molecule has 15 heteroatoms. The van der Waals surface area contributed by atoms with Gasteiger partial charge in [0.15, 0.2) is 0 Å². The van der Waals surface area contributed by atoms with Crippen molar-refractivity contribution in [1.82, 2.24) is 24.8 Å². The van der Waals surface area contributed by atoms with Crippen molar-refractivity contribution >= 4 is 40.0 Å². The number of methoxy groups -OCH3 is 1. The number of fused-ring (bicyclic) bond motifs is 1. The summed E-state index contributed by atoms with van der Waals surface area (Å²) in [6.45, 7) is 7.06. The normalized spacial score (nSPS) is 15.9. The zero-order valence-corrected chi connectivity index (χ0v) is 24.1. The number of nitrogens with zero attached hydrogens (tertiary/aromatic N) is 6. The molecule has 1 aromatic carbocycles. The van der Waals surface area contributed by atoms with Crippen LogP contribution in [0, 0.1) is 0 Å². The van der Waals surface area contributed by atoms with E-state index in [4.69, 9.17) is 22.1 Å². The number of benzene rings is 1. The highest BCUT2D eigenvalue weighted by Gasteiger charge is 2.35. The number of pyridine rings is 1. The van der Waals surface area contributed by atoms with Crippen molar-refractivity contribution < 1.29 is 31.5 Å². The first-order valence-corrected chi connectivity index (χ1v) is 13.8. The molecule has 0 atom stereocenters. The van der Waals surface area contributed by atoms with Crippen molar-refractivity contribution in [1.29, 1.82) is 0 Å². The van der Waals surface area contributed by atoms with Gasteiger partial charge in [-0.15, -0.1) is 0 Å². The van der Waals surface area contributed by atoms with E-state index in [0.29, 0.717) is 42.9 Å². The van der Waals surface area contributed by atoms with Crippen LogP contribution in [-0.4, -0.2) is 90.0 Å². The molecule has 0 radical (unpaired) electrons. The lowest BCUT2D eigenvalue weighted by molar-refractivity contribution is -0.137. The summed E-state index contributed by atoms with van der Waals surface area (Å²) in [5, 5.41) is 0.557. The van der Waals surface area contributed by atoms with Crippen LogP contribution in [0.2, 0.25) is 5.02 Å². The van der Waals surface area contributed by atoms with Crippen LogP contribution >= 0.6 is 11.6 Å². The van der Waals surface area contributed by atoms with Gasteiger partial charge in [0.2, 0.25) is 5.91 Å². The fourth-order valence-electron chi connectivity index (χ4n) is 4.96. The van der Waals surface area contributed by atoms with Gasteiger partial charge in [-0.05, 0) is 56.3 Å². The van der Waals surface area contributed by atoms with Crippen molar-refractivity contribution in [3.63, 3.8) is 0 Å². The molecule has 1 amide bonds. The zero-order valence-electron chi connectivity index (χ0n) is 23.4. The molecule has 2 aliphatic heterocycles. The second kappa shape index (κ2) is 13.7. The number of nitrogen functional groups attached to an aromatic ring is 1. The molecule has 0 spiro atoms. The monoisotopic (exact) mass is 627 g/mol. The van der Waals surface area contributed by atoms with Gasteiger partial charge in [-0.25, -0.2) is 13.8 Å². The molecule has 9 nitrogen and oxygen atoms in total. The molecule has 2 N–H and O–H groups in total. The molecule has 4 heterocycles. The van der Waals surface area contributed by atoms with E-state index in [2.05, 4.69) is 21.5 Å². The molecule has 232 valence electrons. The number of carbonyl (C=O) groups is 1. The number of likely N-dealkylation sites (tertiary alicyclic amines) is 1. The predicted molar refractivity (Wildman–Crippen MR) is 154 cm³/mol. The number of ether oxygens (including phenoxy) is 1. The summed E-state index contributed by atoms with van der Waals surface area (Å²) in [5.41, 5.74) is 4.67. The SMILES string of the molecule is C=CC(=O)N1CCN(c2nc(OC)nc3cc(-c4nc(N)ccc4C(F)(F)F)c(Cl)cc23)CC1.FC(F)CN1CCCC1. The van der Waals surface area contributed by atoms with E-state index in [1.165, 1.54) is 25.3 Å². The van der Waals surface area contributed by atoms with Crippen molar-refractivity contribution in [2.45, 2.75) is 25.4 Å². The maximum Gasteiger partial charge on any atom is 0.418 e. The Balaban J connectivity index is 0.000000403. The summed E-state index contributed by atoms with van der Waals surface area (Å²) in [7, 11) is 1.39. The van der Waals surface area contributed by atoms with Crippen LogP contribution in [0.1, 0.15) is 18.4 Å². The Kier molecular flexibility index (Phi) is 10.2. The van der Waals surface area contributed by atoms with Crippen molar-refractivity contribution in [3.8, 4) is 17.3 Å². The number of carbonyl (C=O) groups excluding carboxylic acids is 1. The Labute approximate surface area is 250 Å². The lowest BCUT2D eigenvalue weighted by Crippen LogP contribution is -2.48. The van der Waals surface area contributed by atoms with Gasteiger partial charge in [0, 0.05) is 37.1 Å². The molecule has 43 heavy (non-hydrogen) atoms. The van der Waals surface area contributed by atoms with E-state index in [1.807, 2.05) is 9.80 Å². The number of hydrogen-bond donors (Lipinski definition) is 1. The van der Waals surface area contributed by atoms with Crippen LogP contribution in [0.5, 0.6) is 6.01 Å². The fourth-order valence-corrected chi connectivity index (χ4v) is 5.22. The highest BCUT2D eigenvalue weighted by atomic mass is 35.5. The molecule has 2 aromatic heterocycles. The minimum absolute atomic E-state index is 0.0278. The Bertz CT molecular complexity index is 1460. The second-order valence-corrected chi connectivity index (χ2v) is 10.3. The number of rotatable bonds is 6. The van der Waals surface area contributed by atoms with Crippen LogP contribution in [-0.2, 0) is 11.0 Å². The third kappa shape index (κ3) is 7.79. The van der Waals surface area contributed by atoms with Gasteiger partial charge in [0.25, 0.3) is 6.43 Å². The lowest BCUT2D eigenvalue weighted by atomic mass is 10.0. The van der Waals surface area contributed by atoms with E-state index in [1.54, 1.807) is 4.90 Å². The predicted octanol–water partition coefficient (Wildman–Crippen LogP) is 5.14. The number of piperazine rings is 1. The number of aromatic nitrogens is 3. The van der Waals surface area contributed by atoms with Gasteiger partial charge in [-0.1, -0.05) is 18.2 Å². The van der Waals surface area contributed by atoms with Gasteiger partial charge in [0.05, 0.1) is 35.5 Å². The average molecular weight is 628 g/mol. The summed E-state index contributed by atoms with van der Waals surface area (Å²) in [5.74, 6) is 0.261. The summed E-state index contributed by atoms with van der Waals surface area (Å²) < 4.78 is 69.4. The highest BCUT2D eigenvalue weighted by molar-refractivity contribution is 6.34. The molecule has 0 unspecified atom stereocenters. The molecule has 0 saturated carbocycles. The third-order valence-electron chi connectivity index (χ3n) is 7.06. The fraction of sp³-hybridized carbons (Fsp3) is 0.429. The summed E-state index contributed by atoms with van der Waals surface area (Å²) in [6, 6.07) is 4.92. The number of alkyl halides is 5. The maximum atomic E-state index is 13.6. The summed E-state index contributed by atoms with van der Waals surface area (Å²) >= 11 is 6.46. The largest absolute Gasteiger partial charge is 0.467 e. The Morgan fingerprint density at radius 1 is 1.09 bits per heavy atom. The molecule has 2 fully saturated rings. The van der Waals surface area contributed by atoms with E-state index < -0.39 is 23.9 Å². The molecule has 2 saturated heterocycles. The Morgan fingerprint density at radius 3 is 2.35 bits per heavy atom. The summed E-state index contributed by atoms with van der Waals surface area (Å²) in [4.78, 5) is 30.0. The van der Waals surface area contributed by atoms with Crippen LogP contribution in [0.4, 0.5) is 33.6 Å². The third-order valence-corrected chi connectivity index (χ3v) is 7.38. The first kappa shape index (κ1) is 32.1. The van der Waals surface area contributed by atoms with E-state index in [9.17, 15) is 26.7 Å². The maximum absolute atomic E-state index is 13.6. The van der Waals surface area contributed by atoms with E-state index in [0.717, 1.165) is 38.1 Å². The molecular weight excluding hydrogens is 597 g/mol. The molecule has 5 rings (SSSR count). The van der Waals surface area contributed by atoms with Crippen LogP contribution < -0.4 is 15.4 Å². The van der Waals surface area contributed by atoms with Gasteiger partial charge in [-0.2, -0.15) is 23.1 Å². The Morgan fingerprint density at radius 2 is 1.77 bits per heavy atom. The first-order chi connectivity index (χ1) is 20.4. The smallest absolute Gasteiger partial charge is 0.418 e. The van der Waals surface area contributed by atoms with E-state index >= 15 is 0 Å². The molecule has 2 aliphatic rings. The highest BCUT2D eigenvalue weighted by Crippen LogP contribution is 2.41. The quantitative estimate of drug-likeness (QED) is 0.296. The topological polar surface area (TPSA) is 101 Å². The molecule has 3 aromatic rings. The number of nitrogens with two attached hydrogens (primary N) is 1. The van der Waals surface area contributed by atoms with Gasteiger partial charge < -0.3 is 20.3 Å². The van der Waals surface area contributed by atoms with Crippen molar-refractivity contribution in [2.75, 3.05) is 63.6 Å². The average Bonchev–Trinajstić information content (AvgIpc) is 3.48. The minimum Gasteiger partial charge on any atom is -0.467 e. The number of amides is 1. The van der Waals surface area contributed by atoms with Crippen LogP contribution in [0.3, 0.4) is 0 Å². The van der Waals surface area contributed by atoms with Gasteiger partial charge >= 0.3 is 12.2 Å². The lowest BCUT2D eigenvalue weighted by Gasteiger charge is -2.35. The van der Waals surface area contributed by atoms with Crippen LogP contribution in [0.15, 0.2) is 36.9 Å². The number of hydrogen-bond acceptors (Lipinski definition) is 8. The standard InChI is InChI=1S/C22H20ClF3N6O2.C6H11F2N/c1-3-18(33)31-6-8-32(9-7-31)20-13-10-15(23)12(11-16(13)28-21(30-20)34-2)19-14(22(24,25)26)4-5-17(27)29-19;7-6(8)5-9-3-1-2-4-9/h3-5,10-11H,1,6-9H2,2H3,(H2,27,29);6H,1-5H2. The van der Waals surface area contributed by atoms with Crippen LogP contribution in [0.25, 0.3) is 22.2 Å². The molecule has 0 bridgehead atoms. The first-order valence-electron chi connectivity index (χ1n) is 13.5. The number of anilines is 2.